The molecule has 150 valence electrons. The van der Waals surface area contributed by atoms with Crippen LogP contribution in [0.5, 0.6) is 5.75 Å². The highest BCUT2D eigenvalue weighted by Gasteiger charge is 2.11. The molecule has 0 aliphatic heterocycles. The highest BCUT2D eigenvalue weighted by atomic mass is 79.9. The molecule has 30 heavy (non-hydrogen) atoms. The van der Waals surface area contributed by atoms with Crippen molar-refractivity contribution >= 4 is 45.2 Å². The van der Waals surface area contributed by atoms with Crippen molar-refractivity contribution in [1.29, 1.82) is 5.26 Å². The van der Waals surface area contributed by atoms with Crippen molar-refractivity contribution in [1.82, 2.24) is 0 Å². The van der Waals surface area contributed by atoms with Gasteiger partial charge in [-0.25, -0.2) is 4.39 Å². The fourth-order valence-corrected chi connectivity index (χ4v) is 3.07. The van der Waals surface area contributed by atoms with E-state index in [4.69, 9.17) is 16.3 Å². The molecule has 0 unspecified atom stereocenters. The van der Waals surface area contributed by atoms with E-state index in [-0.39, 0.29) is 18.0 Å². The molecule has 0 aliphatic rings. The lowest BCUT2D eigenvalue weighted by Gasteiger charge is -2.09. The van der Waals surface area contributed by atoms with Crippen LogP contribution in [0.2, 0.25) is 5.02 Å². The zero-order valence-electron chi connectivity index (χ0n) is 15.5. The molecule has 0 saturated carbocycles. The number of halogens is 3. The molecule has 0 aromatic heterocycles. The average Bonchev–Trinajstić information content (AvgIpc) is 2.73. The average molecular weight is 486 g/mol. The monoisotopic (exact) mass is 484 g/mol. The fourth-order valence-electron chi connectivity index (χ4n) is 2.56. The van der Waals surface area contributed by atoms with Crippen LogP contribution in [0.4, 0.5) is 10.1 Å². The number of benzene rings is 3. The van der Waals surface area contributed by atoms with E-state index >= 15 is 0 Å². The number of rotatable bonds is 6. The Morgan fingerprint density at radius 2 is 1.93 bits per heavy atom. The first-order chi connectivity index (χ1) is 14.4. The zero-order valence-corrected chi connectivity index (χ0v) is 17.9. The summed E-state index contributed by atoms with van der Waals surface area (Å²) in [5.41, 5.74) is 1.75. The topological polar surface area (TPSA) is 62.1 Å². The quantitative estimate of drug-likeness (QED) is 0.326. The van der Waals surface area contributed by atoms with Gasteiger partial charge >= 0.3 is 0 Å². The Balaban J connectivity index is 1.70. The van der Waals surface area contributed by atoms with Crippen LogP contribution >= 0.6 is 27.5 Å². The molecule has 0 atom stereocenters. The first-order valence-corrected chi connectivity index (χ1v) is 9.97. The number of anilines is 1. The summed E-state index contributed by atoms with van der Waals surface area (Å²) >= 11 is 9.58. The van der Waals surface area contributed by atoms with E-state index in [9.17, 15) is 14.4 Å². The third-order valence-corrected chi connectivity index (χ3v) is 4.84. The molecule has 0 saturated heterocycles. The summed E-state index contributed by atoms with van der Waals surface area (Å²) in [6.45, 7) is 0.158. The number of carbonyl (C=O) groups is 1. The molecule has 7 heteroatoms. The molecule has 0 fully saturated rings. The Morgan fingerprint density at radius 3 is 2.60 bits per heavy atom. The molecule has 3 aromatic rings. The summed E-state index contributed by atoms with van der Waals surface area (Å²) in [5.74, 6) is -0.452. The normalized spacial score (nSPS) is 10.9. The summed E-state index contributed by atoms with van der Waals surface area (Å²) < 4.78 is 19.8. The van der Waals surface area contributed by atoms with Crippen molar-refractivity contribution in [3.8, 4) is 11.8 Å². The van der Waals surface area contributed by atoms with Crippen LogP contribution in [0.25, 0.3) is 6.08 Å². The predicted molar refractivity (Wildman–Crippen MR) is 119 cm³/mol. The van der Waals surface area contributed by atoms with Crippen LogP contribution in [-0.2, 0) is 11.4 Å². The van der Waals surface area contributed by atoms with Crippen molar-refractivity contribution in [2.24, 2.45) is 0 Å². The second kappa shape index (κ2) is 10.1. The maximum Gasteiger partial charge on any atom is 0.266 e. The van der Waals surface area contributed by atoms with E-state index in [1.807, 2.05) is 6.07 Å². The SMILES string of the molecule is N#C/C(=C\c1ccc(OCc2cccc(F)c2)c(Cl)c1)C(=O)Nc1ccc(Br)cc1. The van der Waals surface area contributed by atoms with Gasteiger partial charge in [-0.05, 0) is 65.7 Å². The second-order valence-corrected chi connectivity index (χ2v) is 7.56. The van der Waals surface area contributed by atoms with Crippen LogP contribution in [-0.4, -0.2) is 5.91 Å². The lowest BCUT2D eigenvalue weighted by atomic mass is 10.1. The predicted octanol–water partition coefficient (Wildman–Crippen LogP) is 6.37. The summed E-state index contributed by atoms with van der Waals surface area (Å²) in [6.07, 6.45) is 1.44. The third kappa shape index (κ3) is 5.93. The van der Waals surface area contributed by atoms with Crippen LogP contribution in [0.3, 0.4) is 0 Å². The van der Waals surface area contributed by atoms with Gasteiger partial charge in [-0.15, -0.1) is 0 Å². The van der Waals surface area contributed by atoms with Crippen molar-refractivity contribution in [2.75, 3.05) is 5.32 Å². The Kier molecular flexibility index (Phi) is 7.23. The van der Waals surface area contributed by atoms with Gasteiger partial charge in [-0.3, -0.25) is 4.79 Å². The Bertz CT molecular complexity index is 1140. The van der Waals surface area contributed by atoms with Gasteiger partial charge in [0.1, 0.15) is 29.8 Å². The maximum atomic E-state index is 13.3. The van der Waals surface area contributed by atoms with E-state index < -0.39 is 5.91 Å². The summed E-state index contributed by atoms with van der Waals surface area (Å²) in [6, 6.07) is 19.9. The number of nitrogens with one attached hydrogen (secondary N) is 1. The number of nitriles is 1. The maximum absolute atomic E-state index is 13.3. The highest BCUT2D eigenvalue weighted by molar-refractivity contribution is 9.10. The summed E-state index contributed by atoms with van der Waals surface area (Å²) in [5, 5.41) is 12.3. The molecule has 3 rings (SSSR count). The van der Waals surface area contributed by atoms with Gasteiger partial charge in [0, 0.05) is 10.2 Å². The molecule has 1 N–H and O–H groups in total. The molecule has 0 radical (unpaired) electrons. The first-order valence-electron chi connectivity index (χ1n) is 8.80. The van der Waals surface area contributed by atoms with Crippen molar-refractivity contribution in [2.45, 2.75) is 6.61 Å². The van der Waals surface area contributed by atoms with Crippen LogP contribution in [0.15, 0.2) is 76.8 Å². The van der Waals surface area contributed by atoms with E-state index in [1.165, 1.54) is 18.2 Å². The highest BCUT2D eigenvalue weighted by Crippen LogP contribution is 2.27. The lowest BCUT2D eigenvalue weighted by molar-refractivity contribution is -0.112. The number of amides is 1. The largest absolute Gasteiger partial charge is 0.487 e. The minimum Gasteiger partial charge on any atom is -0.487 e. The first kappa shape index (κ1) is 21.6. The molecular formula is C23H15BrClFN2O2. The molecular weight excluding hydrogens is 471 g/mol. The number of ether oxygens (including phenoxy) is 1. The van der Waals surface area contributed by atoms with Gasteiger partial charge in [0.2, 0.25) is 0 Å². The van der Waals surface area contributed by atoms with E-state index in [2.05, 4.69) is 21.2 Å². The van der Waals surface area contributed by atoms with E-state index in [1.54, 1.807) is 54.6 Å². The number of carbonyl (C=O) groups excluding carboxylic acids is 1. The van der Waals surface area contributed by atoms with Crippen molar-refractivity contribution in [3.05, 3.63) is 98.7 Å². The minimum absolute atomic E-state index is 0.0672. The number of hydrogen-bond donors (Lipinski definition) is 1. The van der Waals surface area contributed by atoms with Gasteiger partial charge in [-0.2, -0.15) is 5.26 Å². The molecule has 1 amide bonds. The minimum atomic E-state index is -0.526. The standard InChI is InChI=1S/C23H15BrClFN2O2/c24-18-5-7-20(8-6-18)28-23(29)17(13-27)10-15-4-9-22(21(25)12-15)30-14-16-2-1-3-19(26)11-16/h1-12H,14H2,(H,28,29)/b17-10+. The molecule has 0 aliphatic carbocycles. The van der Waals surface area contributed by atoms with Crippen LogP contribution in [0.1, 0.15) is 11.1 Å². The Morgan fingerprint density at radius 1 is 1.17 bits per heavy atom. The van der Waals surface area contributed by atoms with Gasteiger partial charge in [0.15, 0.2) is 0 Å². The van der Waals surface area contributed by atoms with Crippen LogP contribution in [0, 0.1) is 17.1 Å². The van der Waals surface area contributed by atoms with Gasteiger partial charge < -0.3 is 10.1 Å². The fraction of sp³-hybridized carbons (Fsp3) is 0.0435. The Hall–Kier alpha value is -3.14. The van der Waals surface area contributed by atoms with E-state index in [0.717, 1.165) is 4.47 Å². The van der Waals surface area contributed by atoms with Gasteiger partial charge in [0.05, 0.1) is 5.02 Å². The zero-order chi connectivity index (χ0) is 21.5. The lowest BCUT2D eigenvalue weighted by Crippen LogP contribution is -2.13. The summed E-state index contributed by atoms with van der Waals surface area (Å²) in [7, 11) is 0. The molecule has 0 spiro atoms. The van der Waals surface area contributed by atoms with Crippen molar-refractivity contribution < 1.29 is 13.9 Å². The smallest absolute Gasteiger partial charge is 0.266 e. The number of nitrogens with zero attached hydrogens (tertiary/aromatic N) is 1. The molecule has 3 aromatic carbocycles. The van der Waals surface area contributed by atoms with E-state index in [0.29, 0.717) is 27.6 Å². The second-order valence-electron chi connectivity index (χ2n) is 6.24. The summed E-state index contributed by atoms with van der Waals surface area (Å²) in [4.78, 5) is 12.4. The molecule has 0 bridgehead atoms. The van der Waals surface area contributed by atoms with Crippen molar-refractivity contribution in [3.63, 3.8) is 0 Å². The number of hydrogen-bond acceptors (Lipinski definition) is 3. The van der Waals surface area contributed by atoms with Crippen LogP contribution < -0.4 is 10.1 Å². The molecule has 4 nitrogen and oxygen atoms in total. The van der Waals surface area contributed by atoms with Gasteiger partial charge in [0.25, 0.3) is 5.91 Å². The van der Waals surface area contributed by atoms with Gasteiger partial charge in [-0.1, -0.05) is 45.7 Å². The Labute approximate surface area is 186 Å². The molecule has 0 heterocycles. The third-order valence-electron chi connectivity index (χ3n) is 4.02.